The van der Waals surface area contributed by atoms with Gasteiger partial charge < -0.3 is 20.9 Å². The molecule has 2 saturated heterocycles. The molecule has 0 saturated carbocycles. The molecular weight excluding hydrogens is 380 g/mol. The fourth-order valence-electron chi connectivity index (χ4n) is 4.26. The second-order valence-corrected chi connectivity index (χ2v) is 8.96. The lowest BCUT2D eigenvalue weighted by Gasteiger charge is -2.33. The van der Waals surface area contributed by atoms with Gasteiger partial charge in [0.25, 0.3) is 5.91 Å². The summed E-state index contributed by atoms with van der Waals surface area (Å²) in [7, 11) is 0. The molecule has 2 atom stereocenters. The quantitative estimate of drug-likeness (QED) is 0.648. The Hall–Kier alpha value is -2.41. The van der Waals surface area contributed by atoms with Crippen LogP contribution in [0.4, 0.5) is 5.69 Å². The maximum atomic E-state index is 12.8. The van der Waals surface area contributed by atoms with E-state index < -0.39 is 6.04 Å². The molecule has 0 radical (unpaired) electrons. The zero-order valence-electron chi connectivity index (χ0n) is 18.3. The van der Waals surface area contributed by atoms with Crippen molar-refractivity contribution < 1.29 is 19.7 Å². The average Bonchev–Trinajstić information content (AvgIpc) is 3.27. The van der Waals surface area contributed by atoms with Crippen molar-refractivity contribution in [1.29, 1.82) is 0 Å². The number of quaternary nitrogens is 1. The summed E-state index contributed by atoms with van der Waals surface area (Å²) in [5.74, 6) is -0.267. The number of nitrogens with two attached hydrogens (primary N) is 1. The maximum absolute atomic E-state index is 12.8. The van der Waals surface area contributed by atoms with E-state index in [1.807, 2.05) is 49.9 Å². The third kappa shape index (κ3) is 5.59. The van der Waals surface area contributed by atoms with Crippen LogP contribution in [0.15, 0.2) is 24.3 Å². The fourth-order valence-corrected chi connectivity index (χ4v) is 4.26. The SMILES string of the molecule is Cc1ccc(NC(=O)[C@@H](NC(=O)C2CCN(C(=O)[C@@H]3CCC[NH2+]3)CC2)C(C)C)cc1. The summed E-state index contributed by atoms with van der Waals surface area (Å²) in [6.07, 6.45) is 3.34. The molecule has 0 spiro atoms. The summed E-state index contributed by atoms with van der Waals surface area (Å²) in [5, 5.41) is 7.98. The van der Waals surface area contributed by atoms with E-state index in [1.165, 1.54) is 0 Å². The van der Waals surface area contributed by atoms with Crippen LogP contribution < -0.4 is 16.0 Å². The summed E-state index contributed by atoms with van der Waals surface area (Å²) >= 11 is 0. The number of nitrogens with zero attached hydrogens (tertiary/aromatic N) is 1. The van der Waals surface area contributed by atoms with E-state index in [9.17, 15) is 14.4 Å². The first-order chi connectivity index (χ1) is 14.3. The molecule has 2 aliphatic heterocycles. The van der Waals surface area contributed by atoms with Gasteiger partial charge in [0, 0.05) is 37.5 Å². The van der Waals surface area contributed by atoms with E-state index in [0.29, 0.717) is 25.9 Å². The van der Waals surface area contributed by atoms with Gasteiger partial charge in [-0.2, -0.15) is 0 Å². The maximum Gasteiger partial charge on any atom is 0.280 e. The van der Waals surface area contributed by atoms with Crippen molar-refractivity contribution in [3.63, 3.8) is 0 Å². The van der Waals surface area contributed by atoms with Gasteiger partial charge in [-0.25, -0.2) is 0 Å². The molecule has 1 aromatic rings. The highest BCUT2D eigenvalue weighted by Crippen LogP contribution is 2.20. The molecule has 3 amide bonds. The van der Waals surface area contributed by atoms with Gasteiger partial charge in [-0.1, -0.05) is 31.5 Å². The van der Waals surface area contributed by atoms with E-state index in [-0.39, 0.29) is 35.6 Å². The summed E-state index contributed by atoms with van der Waals surface area (Å²) in [6, 6.07) is 7.08. The second kappa shape index (κ2) is 10.1. The van der Waals surface area contributed by atoms with Crippen molar-refractivity contribution in [3.05, 3.63) is 29.8 Å². The number of anilines is 1. The number of rotatable bonds is 6. The summed E-state index contributed by atoms with van der Waals surface area (Å²) in [4.78, 5) is 40.1. The smallest absolute Gasteiger partial charge is 0.280 e. The fraction of sp³-hybridized carbons (Fsp3) is 0.609. The van der Waals surface area contributed by atoms with Crippen LogP contribution in [0.1, 0.15) is 45.1 Å². The van der Waals surface area contributed by atoms with Gasteiger partial charge >= 0.3 is 0 Å². The molecule has 0 unspecified atom stereocenters. The molecule has 7 nitrogen and oxygen atoms in total. The molecular formula is C23H35N4O3+. The van der Waals surface area contributed by atoms with Crippen LogP contribution >= 0.6 is 0 Å². The summed E-state index contributed by atoms with van der Waals surface area (Å²) in [6.45, 7) is 8.11. The van der Waals surface area contributed by atoms with E-state index in [4.69, 9.17) is 0 Å². The molecule has 1 aromatic carbocycles. The van der Waals surface area contributed by atoms with E-state index >= 15 is 0 Å². The predicted octanol–water partition coefficient (Wildman–Crippen LogP) is 1.04. The lowest BCUT2D eigenvalue weighted by Crippen LogP contribution is -2.89. The number of likely N-dealkylation sites (tertiary alicyclic amines) is 1. The molecule has 7 heteroatoms. The Morgan fingerprint density at radius 2 is 1.73 bits per heavy atom. The summed E-state index contributed by atoms with van der Waals surface area (Å²) < 4.78 is 0. The van der Waals surface area contributed by atoms with Gasteiger partial charge in [-0.15, -0.1) is 0 Å². The van der Waals surface area contributed by atoms with Crippen molar-refractivity contribution in [2.24, 2.45) is 11.8 Å². The molecule has 2 fully saturated rings. The topological polar surface area (TPSA) is 95.1 Å². The second-order valence-electron chi connectivity index (χ2n) is 8.96. The number of hydrogen-bond donors (Lipinski definition) is 3. The van der Waals surface area contributed by atoms with Crippen molar-refractivity contribution in [3.8, 4) is 0 Å². The minimum Gasteiger partial charge on any atom is -0.344 e. The Balaban J connectivity index is 1.52. The number of amides is 3. The average molecular weight is 416 g/mol. The first-order valence-corrected chi connectivity index (χ1v) is 11.1. The lowest BCUT2D eigenvalue weighted by atomic mass is 9.94. The Bertz CT molecular complexity index is 748. The number of nitrogens with one attached hydrogen (secondary N) is 2. The molecule has 3 rings (SSSR count). The molecule has 0 aliphatic carbocycles. The van der Waals surface area contributed by atoms with E-state index in [1.54, 1.807) is 0 Å². The van der Waals surface area contributed by atoms with Crippen LogP contribution in [0.5, 0.6) is 0 Å². The number of hydrogen-bond acceptors (Lipinski definition) is 3. The largest absolute Gasteiger partial charge is 0.344 e. The Kier molecular flexibility index (Phi) is 7.48. The van der Waals surface area contributed by atoms with Gasteiger partial charge in [0.05, 0.1) is 6.54 Å². The lowest BCUT2D eigenvalue weighted by molar-refractivity contribution is -0.658. The number of aryl methyl sites for hydroxylation is 1. The number of carbonyl (C=O) groups is 3. The van der Waals surface area contributed by atoms with Gasteiger partial charge in [-0.3, -0.25) is 14.4 Å². The van der Waals surface area contributed by atoms with Crippen molar-refractivity contribution in [2.45, 2.75) is 58.5 Å². The van der Waals surface area contributed by atoms with Gasteiger partial charge in [0.2, 0.25) is 11.8 Å². The van der Waals surface area contributed by atoms with E-state index in [2.05, 4.69) is 16.0 Å². The van der Waals surface area contributed by atoms with E-state index in [0.717, 1.165) is 30.6 Å². The molecule has 4 N–H and O–H groups in total. The van der Waals surface area contributed by atoms with Crippen molar-refractivity contribution in [2.75, 3.05) is 25.0 Å². The highest BCUT2D eigenvalue weighted by molar-refractivity contribution is 5.97. The Morgan fingerprint density at radius 1 is 1.07 bits per heavy atom. The number of carbonyl (C=O) groups excluding carboxylic acids is 3. The molecule has 2 heterocycles. The minimum absolute atomic E-state index is 0.0287. The van der Waals surface area contributed by atoms with Crippen LogP contribution in [0.3, 0.4) is 0 Å². The highest BCUT2D eigenvalue weighted by atomic mass is 16.2. The first-order valence-electron chi connectivity index (χ1n) is 11.1. The normalized spacial score (nSPS) is 20.8. The summed E-state index contributed by atoms with van der Waals surface area (Å²) in [5.41, 5.74) is 1.85. The minimum atomic E-state index is -0.591. The van der Waals surface area contributed by atoms with Gasteiger partial charge in [-0.05, 0) is 37.8 Å². The molecule has 2 aliphatic rings. The van der Waals surface area contributed by atoms with Crippen LogP contribution in [-0.4, -0.2) is 54.3 Å². The zero-order chi connectivity index (χ0) is 21.7. The Morgan fingerprint density at radius 3 is 2.30 bits per heavy atom. The standard InChI is InChI=1S/C23H34N4O3/c1-15(2)20(22(29)25-18-8-6-16(3)7-9-18)26-21(28)17-10-13-27(14-11-17)23(30)19-5-4-12-24-19/h6-9,15,17,19-20,24H,4-5,10-14H2,1-3H3,(H,25,29)(H,26,28)/p+1/t19-,20-/m0/s1. The van der Waals surface area contributed by atoms with Gasteiger partial charge in [0.15, 0.2) is 6.04 Å². The number of piperidine rings is 1. The zero-order valence-corrected chi connectivity index (χ0v) is 18.3. The first kappa shape index (κ1) is 22.3. The number of benzene rings is 1. The Labute approximate surface area is 179 Å². The third-order valence-corrected chi connectivity index (χ3v) is 6.23. The van der Waals surface area contributed by atoms with Crippen LogP contribution in [-0.2, 0) is 14.4 Å². The third-order valence-electron chi connectivity index (χ3n) is 6.23. The van der Waals surface area contributed by atoms with Crippen LogP contribution in [0.2, 0.25) is 0 Å². The molecule has 0 aromatic heterocycles. The van der Waals surface area contributed by atoms with Crippen molar-refractivity contribution >= 4 is 23.4 Å². The van der Waals surface area contributed by atoms with Crippen LogP contribution in [0, 0.1) is 18.8 Å². The molecule has 30 heavy (non-hydrogen) atoms. The predicted molar refractivity (Wildman–Crippen MR) is 116 cm³/mol. The molecule has 0 bridgehead atoms. The van der Waals surface area contributed by atoms with Gasteiger partial charge in [0.1, 0.15) is 6.04 Å². The van der Waals surface area contributed by atoms with Crippen LogP contribution in [0.25, 0.3) is 0 Å². The van der Waals surface area contributed by atoms with Crippen molar-refractivity contribution in [1.82, 2.24) is 10.2 Å². The highest BCUT2D eigenvalue weighted by Gasteiger charge is 2.35. The molecule has 164 valence electrons. The monoisotopic (exact) mass is 415 g/mol.